The fourth-order valence-electron chi connectivity index (χ4n) is 2.83. The van der Waals surface area contributed by atoms with E-state index in [1.165, 1.54) is 6.92 Å². The molecule has 0 aromatic heterocycles. The van der Waals surface area contributed by atoms with E-state index in [9.17, 15) is 9.59 Å². The van der Waals surface area contributed by atoms with Gasteiger partial charge in [-0.1, -0.05) is 18.2 Å². The summed E-state index contributed by atoms with van der Waals surface area (Å²) in [4.78, 5) is 30.1. The summed E-state index contributed by atoms with van der Waals surface area (Å²) in [5.74, 6) is 0.843. The minimum Gasteiger partial charge on any atom is -0.496 e. The minimum atomic E-state index is -0.0351. The Morgan fingerprint density at radius 1 is 1.17 bits per heavy atom. The van der Waals surface area contributed by atoms with Crippen LogP contribution in [0.2, 0.25) is 0 Å². The third-order valence-electron chi connectivity index (χ3n) is 4.45. The summed E-state index contributed by atoms with van der Waals surface area (Å²) >= 11 is 0. The Kier molecular flexibility index (Phi) is 6.61. The molecule has 2 rings (SSSR count). The summed E-state index contributed by atoms with van der Waals surface area (Å²) in [6.45, 7) is 5.76. The highest BCUT2D eigenvalue weighted by atomic mass is 16.5. The number of methoxy groups -OCH3 is 1. The topological polar surface area (TPSA) is 53.1 Å². The van der Waals surface area contributed by atoms with Crippen molar-refractivity contribution in [2.24, 2.45) is 0 Å². The van der Waals surface area contributed by atoms with E-state index in [2.05, 4.69) is 11.9 Å². The summed E-state index contributed by atoms with van der Waals surface area (Å²) in [6.07, 6.45) is 0.360. The van der Waals surface area contributed by atoms with E-state index in [-0.39, 0.29) is 11.8 Å². The number of nitrogens with zero attached hydrogens (tertiary/aromatic N) is 3. The number of hydrogen-bond donors (Lipinski definition) is 0. The van der Waals surface area contributed by atoms with E-state index in [1.54, 1.807) is 12.0 Å². The number of piperazine rings is 1. The zero-order valence-electron chi connectivity index (χ0n) is 14.8. The summed E-state index contributed by atoms with van der Waals surface area (Å²) < 4.78 is 5.34. The zero-order valence-corrected chi connectivity index (χ0v) is 14.8. The van der Waals surface area contributed by atoms with Crippen LogP contribution >= 0.6 is 0 Å². The van der Waals surface area contributed by atoms with E-state index in [0.717, 1.165) is 37.5 Å². The molecule has 1 aliphatic rings. The van der Waals surface area contributed by atoms with Crippen LogP contribution in [0.25, 0.3) is 0 Å². The van der Waals surface area contributed by atoms with Gasteiger partial charge in [0.15, 0.2) is 0 Å². The van der Waals surface area contributed by atoms with E-state index >= 15 is 0 Å². The van der Waals surface area contributed by atoms with Gasteiger partial charge in [0, 0.05) is 58.2 Å². The van der Waals surface area contributed by atoms with Gasteiger partial charge in [0.25, 0.3) is 0 Å². The summed E-state index contributed by atoms with van der Waals surface area (Å²) in [6, 6.07) is 7.64. The molecule has 1 heterocycles. The lowest BCUT2D eigenvalue weighted by atomic mass is 10.1. The third kappa shape index (κ3) is 4.96. The Hall–Kier alpha value is -2.08. The van der Waals surface area contributed by atoms with Crippen LogP contribution in [0, 0.1) is 0 Å². The quantitative estimate of drug-likeness (QED) is 0.785. The van der Waals surface area contributed by atoms with Crippen LogP contribution in [0.5, 0.6) is 5.75 Å². The van der Waals surface area contributed by atoms with E-state index in [4.69, 9.17) is 4.74 Å². The fraction of sp³-hybridized carbons (Fsp3) is 0.556. The number of ether oxygens (including phenoxy) is 1. The molecule has 6 nitrogen and oxygen atoms in total. The number of amides is 2. The monoisotopic (exact) mass is 333 g/mol. The molecule has 0 radical (unpaired) electrons. The Labute approximate surface area is 144 Å². The first-order valence-corrected chi connectivity index (χ1v) is 8.35. The minimum absolute atomic E-state index is 0.0351. The smallest absolute Gasteiger partial charge is 0.224 e. The number of hydrogen-bond acceptors (Lipinski definition) is 4. The molecular formula is C18H27N3O3. The Balaban J connectivity index is 1.91. The summed E-state index contributed by atoms with van der Waals surface area (Å²) in [5.41, 5.74) is 0.947. The molecule has 0 atom stereocenters. The molecule has 0 N–H and O–H groups in total. The highest BCUT2D eigenvalue weighted by Gasteiger charge is 2.20. The second-order valence-corrected chi connectivity index (χ2v) is 6.19. The highest BCUT2D eigenvalue weighted by Crippen LogP contribution is 2.19. The second-order valence-electron chi connectivity index (χ2n) is 6.19. The number of carbonyl (C=O) groups is 2. The van der Waals surface area contributed by atoms with Crippen molar-refractivity contribution in [1.82, 2.24) is 14.7 Å². The van der Waals surface area contributed by atoms with Gasteiger partial charge in [-0.05, 0) is 13.1 Å². The first-order valence-electron chi connectivity index (χ1n) is 8.35. The van der Waals surface area contributed by atoms with Crippen molar-refractivity contribution in [3.8, 4) is 5.75 Å². The lowest BCUT2D eigenvalue weighted by Crippen LogP contribution is -2.47. The Morgan fingerprint density at radius 3 is 2.46 bits per heavy atom. The van der Waals surface area contributed by atoms with Gasteiger partial charge in [0.2, 0.25) is 11.8 Å². The van der Waals surface area contributed by atoms with E-state index < -0.39 is 0 Å². The first kappa shape index (κ1) is 18.3. The molecule has 0 bridgehead atoms. The van der Waals surface area contributed by atoms with Gasteiger partial charge in [-0.15, -0.1) is 0 Å². The molecular weight excluding hydrogens is 306 g/mol. The van der Waals surface area contributed by atoms with Gasteiger partial charge < -0.3 is 19.4 Å². The maximum absolute atomic E-state index is 12.4. The molecule has 24 heavy (non-hydrogen) atoms. The molecule has 0 spiro atoms. The zero-order chi connectivity index (χ0) is 17.5. The van der Waals surface area contributed by atoms with Gasteiger partial charge in [0.05, 0.1) is 7.11 Å². The predicted octanol–water partition coefficient (Wildman–Crippen LogP) is 1.21. The molecule has 0 unspecified atom stereocenters. The summed E-state index contributed by atoms with van der Waals surface area (Å²) in [7, 11) is 3.68. The highest BCUT2D eigenvalue weighted by molar-refractivity contribution is 5.78. The van der Waals surface area contributed by atoms with Crippen molar-refractivity contribution in [2.45, 2.75) is 19.9 Å². The van der Waals surface area contributed by atoms with E-state index in [0.29, 0.717) is 19.5 Å². The molecule has 1 aromatic carbocycles. The van der Waals surface area contributed by atoms with Crippen LogP contribution in [0.15, 0.2) is 24.3 Å². The van der Waals surface area contributed by atoms with Crippen LogP contribution in [0.1, 0.15) is 18.9 Å². The average molecular weight is 333 g/mol. The molecule has 1 saturated heterocycles. The van der Waals surface area contributed by atoms with Crippen molar-refractivity contribution in [1.29, 1.82) is 0 Å². The predicted molar refractivity (Wildman–Crippen MR) is 92.8 cm³/mol. The molecule has 0 aliphatic carbocycles. The van der Waals surface area contributed by atoms with Gasteiger partial charge in [-0.3, -0.25) is 9.59 Å². The molecule has 2 amide bonds. The molecule has 1 aliphatic heterocycles. The molecule has 0 saturated carbocycles. The van der Waals surface area contributed by atoms with Crippen LogP contribution in [-0.2, 0) is 16.1 Å². The number of rotatable bonds is 6. The van der Waals surface area contributed by atoms with Crippen molar-refractivity contribution in [3.05, 3.63) is 29.8 Å². The summed E-state index contributed by atoms with van der Waals surface area (Å²) in [5, 5.41) is 0. The molecule has 132 valence electrons. The SMILES string of the molecule is COc1ccccc1CN(CCC(=O)N1CCN(C)CC1)C(C)=O. The average Bonchev–Trinajstić information content (AvgIpc) is 2.59. The second kappa shape index (κ2) is 8.68. The number of likely N-dealkylation sites (N-methyl/N-ethyl adjacent to an activating group) is 1. The Bertz CT molecular complexity index is 568. The van der Waals surface area contributed by atoms with Crippen LogP contribution in [0.3, 0.4) is 0 Å². The van der Waals surface area contributed by atoms with Gasteiger partial charge >= 0.3 is 0 Å². The van der Waals surface area contributed by atoms with Crippen molar-refractivity contribution < 1.29 is 14.3 Å². The number of carbonyl (C=O) groups excluding carboxylic acids is 2. The number of para-hydroxylation sites is 1. The largest absolute Gasteiger partial charge is 0.496 e. The third-order valence-corrected chi connectivity index (χ3v) is 4.45. The maximum Gasteiger partial charge on any atom is 0.224 e. The van der Waals surface area contributed by atoms with Gasteiger partial charge in [-0.25, -0.2) is 0 Å². The van der Waals surface area contributed by atoms with Crippen LogP contribution in [0.4, 0.5) is 0 Å². The lowest BCUT2D eigenvalue weighted by molar-refractivity contribution is -0.134. The fourth-order valence-corrected chi connectivity index (χ4v) is 2.83. The molecule has 6 heteroatoms. The first-order chi connectivity index (χ1) is 11.5. The van der Waals surface area contributed by atoms with Crippen molar-refractivity contribution in [3.63, 3.8) is 0 Å². The number of benzene rings is 1. The van der Waals surface area contributed by atoms with Crippen molar-refractivity contribution >= 4 is 11.8 Å². The standard InChI is InChI=1S/C18H27N3O3/c1-15(22)21(14-16-6-4-5-7-17(16)24-3)9-8-18(23)20-12-10-19(2)11-13-20/h4-7H,8-14H2,1-3H3. The maximum atomic E-state index is 12.4. The lowest BCUT2D eigenvalue weighted by Gasteiger charge is -2.33. The van der Waals surface area contributed by atoms with Crippen LogP contribution in [-0.4, -0.2) is 73.4 Å². The van der Waals surface area contributed by atoms with Crippen LogP contribution < -0.4 is 4.74 Å². The molecule has 1 fully saturated rings. The van der Waals surface area contributed by atoms with Crippen molar-refractivity contribution in [2.75, 3.05) is 46.9 Å². The van der Waals surface area contributed by atoms with E-state index in [1.807, 2.05) is 29.2 Å². The molecule has 1 aromatic rings. The normalized spacial score (nSPS) is 15.2. The Morgan fingerprint density at radius 2 is 1.83 bits per heavy atom. The van der Waals surface area contributed by atoms with Gasteiger partial charge in [-0.2, -0.15) is 0 Å². The van der Waals surface area contributed by atoms with Gasteiger partial charge in [0.1, 0.15) is 5.75 Å².